The summed E-state index contributed by atoms with van der Waals surface area (Å²) >= 11 is 7.23. The number of nitrogens with one attached hydrogen (secondary N) is 2. The molecule has 0 aliphatic heterocycles. The summed E-state index contributed by atoms with van der Waals surface area (Å²) in [7, 11) is 0. The number of aryl methyl sites for hydroxylation is 2. The third-order valence-corrected chi connectivity index (χ3v) is 5.19. The van der Waals surface area contributed by atoms with Crippen LogP contribution in [0.3, 0.4) is 0 Å². The zero-order valence-electron chi connectivity index (χ0n) is 16.0. The lowest BCUT2D eigenvalue weighted by Crippen LogP contribution is -2.30. The van der Waals surface area contributed by atoms with Crippen LogP contribution >= 0.6 is 24.0 Å². The zero-order chi connectivity index (χ0) is 19.6. The van der Waals surface area contributed by atoms with Gasteiger partial charge >= 0.3 is 5.97 Å². The molecule has 4 nitrogen and oxygen atoms in total. The van der Waals surface area contributed by atoms with E-state index in [1.807, 2.05) is 24.8 Å². The Hall–Kier alpha value is -2.05. The molecule has 0 bridgehead atoms. The van der Waals surface area contributed by atoms with Gasteiger partial charge in [-0.25, -0.2) is 4.79 Å². The summed E-state index contributed by atoms with van der Waals surface area (Å²) in [5.74, 6) is 1.62. The molecule has 0 radical (unpaired) electrons. The summed E-state index contributed by atoms with van der Waals surface area (Å²) in [6, 6.07) is 14.0. The van der Waals surface area contributed by atoms with Crippen LogP contribution in [0.15, 0.2) is 42.5 Å². The molecule has 0 amide bonds. The molecule has 0 atom stereocenters. The maximum absolute atomic E-state index is 11.9. The maximum atomic E-state index is 11.9. The van der Waals surface area contributed by atoms with Gasteiger partial charge in [0, 0.05) is 23.7 Å². The van der Waals surface area contributed by atoms with Gasteiger partial charge in [-0.3, -0.25) is 0 Å². The highest BCUT2D eigenvalue weighted by atomic mass is 32.2. The molecule has 144 valence electrons. The first-order valence-electron chi connectivity index (χ1n) is 8.95. The lowest BCUT2D eigenvalue weighted by atomic mass is 10.1. The van der Waals surface area contributed by atoms with E-state index in [4.69, 9.17) is 17.0 Å². The number of benzene rings is 2. The van der Waals surface area contributed by atoms with Gasteiger partial charge in [0.15, 0.2) is 5.11 Å². The van der Waals surface area contributed by atoms with Gasteiger partial charge in [-0.15, -0.1) is 0 Å². The van der Waals surface area contributed by atoms with Gasteiger partial charge in [0.1, 0.15) is 0 Å². The highest BCUT2D eigenvalue weighted by molar-refractivity contribution is 7.98. The molecule has 0 aromatic heterocycles. The number of rotatable bonds is 8. The number of carbonyl (C=O) groups is 1. The van der Waals surface area contributed by atoms with E-state index in [-0.39, 0.29) is 5.97 Å². The Morgan fingerprint density at radius 1 is 1.15 bits per heavy atom. The van der Waals surface area contributed by atoms with E-state index in [0.29, 0.717) is 17.3 Å². The van der Waals surface area contributed by atoms with Gasteiger partial charge in [0.2, 0.25) is 0 Å². The topological polar surface area (TPSA) is 50.4 Å². The van der Waals surface area contributed by atoms with E-state index in [0.717, 1.165) is 29.3 Å². The van der Waals surface area contributed by atoms with Crippen molar-refractivity contribution < 1.29 is 9.53 Å². The Labute approximate surface area is 171 Å². The fourth-order valence-corrected chi connectivity index (χ4v) is 3.41. The molecule has 6 heteroatoms. The van der Waals surface area contributed by atoms with Crippen LogP contribution in [0.2, 0.25) is 0 Å². The Morgan fingerprint density at radius 2 is 1.89 bits per heavy atom. The van der Waals surface area contributed by atoms with Crippen LogP contribution in [0.5, 0.6) is 0 Å². The van der Waals surface area contributed by atoms with Gasteiger partial charge < -0.3 is 15.4 Å². The van der Waals surface area contributed by atoms with Crippen molar-refractivity contribution in [1.82, 2.24) is 5.32 Å². The largest absolute Gasteiger partial charge is 0.462 e. The molecule has 0 heterocycles. The van der Waals surface area contributed by atoms with E-state index in [2.05, 4.69) is 41.8 Å². The maximum Gasteiger partial charge on any atom is 0.338 e. The second kappa shape index (κ2) is 10.9. The minimum absolute atomic E-state index is 0.327. The van der Waals surface area contributed by atoms with Crippen molar-refractivity contribution in [2.45, 2.75) is 26.5 Å². The predicted octanol–water partition coefficient (Wildman–Crippen LogP) is 4.70. The molecule has 0 saturated carbocycles. The first-order valence-corrected chi connectivity index (χ1v) is 10.5. The van der Waals surface area contributed by atoms with Crippen LogP contribution in [-0.4, -0.2) is 30.0 Å². The highest BCUT2D eigenvalue weighted by Crippen LogP contribution is 2.18. The quantitative estimate of drug-likeness (QED) is 0.379. The molecule has 2 aromatic rings. The molecule has 0 aliphatic rings. The van der Waals surface area contributed by atoms with E-state index >= 15 is 0 Å². The van der Waals surface area contributed by atoms with E-state index in [9.17, 15) is 4.79 Å². The van der Waals surface area contributed by atoms with Gasteiger partial charge in [-0.2, -0.15) is 11.8 Å². The number of thioether (sulfide) groups is 1. The van der Waals surface area contributed by atoms with Crippen LogP contribution in [0.25, 0.3) is 0 Å². The molecule has 0 fully saturated rings. The normalized spacial score (nSPS) is 10.3. The third kappa shape index (κ3) is 7.23. The molecule has 27 heavy (non-hydrogen) atoms. The molecule has 0 unspecified atom stereocenters. The molecular weight excluding hydrogens is 376 g/mol. The second-order valence-electron chi connectivity index (χ2n) is 6.17. The van der Waals surface area contributed by atoms with Crippen LogP contribution in [-0.2, 0) is 10.5 Å². The third-order valence-electron chi connectivity index (χ3n) is 3.92. The Balaban J connectivity index is 1.75. The molecule has 2 N–H and O–H groups in total. The van der Waals surface area contributed by atoms with Crippen molar-refractivity contribution in [2.24, 2.45) is 0 Å². The first kappa shape index (κ1) is 21.3. The van der Waals surface area contributed by atoms with Crippen LogP contribution < -0.4 is 10.6 Å². The Bertz CT molecular complexity index is 776. The van der Waals surface area contributed by atoms with Crippen LogP contribution in [0, 0.1) is 13.8 Å². The summed E-state index contributed by atoms with van der Waals surface area (Å²) in [5, 5.41) is 6.93. The zero-order valence-corrected chi connectivity index (χ0v) is 17.6. The second-order valence-corrected chi connectivity index (χ2v) is 7.68. The molecular formula is C21H26N2O2S2. The summed E-state index contributed by atoms with van der Waals surface area (Å²) in [6.07, 6.45) is 0. The fraction of sp³-hybridized carbons (Fsp3) is 0.333. The van der Waals surface area contributed by atoms with Gasteiger partial charge in [0.05, 0.1) is 12.2 Å². The number of hydrogen-bond donors (Lipinski definition) is 2. The van der Waals surface area contributed by atoms with Crippen molar-refractivity contribution in [3.63, 3.8) is 0 Å². The van der Waals surface area contributed by atoms with Crippen molar-refractivity contribution >= 4 is 40.7 Å². The average molecular weight is 403 g/mol. The van der Waals surface area contributed by atoms with Crippen molar-refractivity contribution in [3.05, 3.63) is 64.7 Å². The molecule has 2 rings (SSSR count). The number of esters is 1. The van der Waals surface area contributed by atoms with Crippen LogP contribution in [0.1, 0.15) is 34.0 Å². The van der Waals surface area contributed by atoms with Gasteiger partial charge in [-0.05, 0) is 56.2 Å². The molecule has 2 aromatic carbocycles. The number of ether oxygens (including phenoxy) is 1. The lowest BCUT2D eigenvalue weighted by molar-refractivity contribution is 0.0526. The first-order chi connectivity index (χ1) is 13.0. The summed E-state index contributed by atoms with van der Waals surface area (Å²) in [5.41, 5.74) is 4.95. The molecule has 0 spiro atoms. The fourth-order valence-electron chi connectivity index (χ4n) is 2.38. The van der Waals surface area contributed by atoms with Crippen molar-refractivity contribution in [2.75, 3.05) is 24.2 Å². The van der Waals surface area contributed by atoms with Crippen LogP contribution in [0.4, 0.5) is 5.69 Å². The highest BCUT2D eigenvalue weighted by Gasteiger charge is 2.09. The number of thiocarbonyl (C=S) groups is 1. The van der Waals surface area contributed by atoms with E-state index < -0.39 is 0 Å². The Kier molecular flexibility index (Phi) is 8.61. The summed E-state index contributed by atoms with van der Waals surface area (Å²) in [6.45, 7) is 6.99. The average Bonchev–Trinajstić information content (AvgIpc) is 2.65. The van der Waals surface area contributed by atoms with Gasteiger partial charge in [-0.1, -0.05) is 35.9 Å². The van der Waals surface area contributed by atoms with Crippen molar-refractivity contribution in [1.29, 1.82) is 0 Å². The minimum Gasteiger partial charge on any atom is -0.462 e. The van der Waals surface area contributed by atoms with E-state index in [1.54, 1.807) is 19.1 Å². The number of hydrogen-bond acceptors (Lipinski definition) is 4. The monoisotopic (exact) mass is 402 g/mol. The number of anilines is 1. The van der Waals surface area contributed by atoms with Gasteiger partial charge in [0.25, 0.3) is 0 Å². The van der Waals surface area contributed by atoms with E-state index in [1.165, 1.54) is 11.1 Å². The smallest absolute Gasteiger partial charge is 0.338 e. The minimum atomic E-state index is -0.327. The summed E-state index contributed by atoms with van der Waals surface area (Å²) in [4.78, 5) is 11.9. The summed E-state index contributed by atoms with van der Waals surface area (Å²) < 4.78 is 5.04. The Morgan fingerprint density at radius 3 is 2.59 bits per heavy atom. The SMILES string of the molecule is CCOC(=O)c1ccc(C)c(NC(=S)NCCSCc2ccc(C)cc2)c1. The molecule has 0 saturated heterocycles. The standard InChI is InChI=1S/C21H26N2O2S2/c1-4-25-20(24)18-10-7-16(3)19(13-18)23-21(26)22-11-12-27-14-17-8-5-15(2)6-9-17/h5-10,13H,4,11-12,14H2,1-3H3,(H2,22,23,26). The number of carbonyl (C=O) groups excluding carboxylic acids is 1. The van der Waals surface area contributed by atoms with Crippen molar-refractivity contribution in [3.8, 4) is 0 Å². The predicted molar refractivity (Wildman–Crippen MR) is 119 cm³/mol. The lowest BCUT2D eigenvalue weighted by Gasteiger charge is -2.13. The molecule has 0 aliphatic carbocycles.